The van der Waals surface area contributed by atoms with Crippen molar-refractivity contribution in [3.8, 4) is 6.07 Å². The molecule has 98 valence electrons. The molecule has 0 amide bonds. The molecule has 0 bridgehead atoms. The molecule has 1 fully saturated rings. The first-order chi connectivity index (χ1) is 8.80. The molecule has 1 saturated carbocycles. The normalized spacial score (nSPS) is 19.1. The molecular formula is C13H19N3O2. The Morgan fingerprint density at radius 1 is 1.33 bits per heavy atom. The summed E-state index contributed by atoms with van der Waals surface area (Å²) in [5.74, 6) is 1.19. The number of ether oxygens (including phenoxy) is 1. The zero-order valence-electron chi connectivity index (χ0n) is 10.8. The van der Waals surface area contributed by atoms with Crippen LogP contribution in [0.25, 0.3) is 0 Å². The van der Waals surface area contributed by atoms with E-state index in [1.54, 1.807) is 7.11 Å². The van der Waals surface area contributed by atoms with E-state index in [4.69, 9.17) is 14.5 Å². The average Bonchev–Trinajstić information content (AvgIpc) is 2.74. The van der Waals surface area contributed by atoms with Crippen molar-refractivity contribution in [1.29, 1.82) is 5.26 Å². The highest BCUT2D eigenvalue weighted by atomic mass is 16.5. The maximum absolute atomic E-state index is 8.55. The van der Waals surface area contributed by atoms with E-state index in [0.717, 1.165) is 25.7 Å². The SMILES string of the molecule is COC1(c2noc(CCC#N)n2)CCCCCC1. The Kier molecular flexibility index (Phi) is 4.32. The molecule has 0 aliphatic heterocycles. The van der Waals surface area contributed by atoms with E-state index in [2.05, 4.69) is 16.2 Å². The molecule has 5 heteroatoms. The highest BCUT2D eigenvalue weighted by Gasteiger charge is 2.37. The van der Waals surface area contributed by atoms with Gasteiger partial charge in [-0.3, -0.25) is 0 Å². The zero-order chi connectivity index (χ0) is 12.8. The van der Waals surface area contributed by atoms with Crippen LogP contribution in [0.4, 0.5) is 0 Å². The van der Waals surface area contributed by atoms with Crippen molar-refractivity contribution >= 4 is 0 Å². The Balaban J connectivity index is 2.15. The summed E-state index contributed by atoms with van der Waals surface area (Å²) in [6, 6.07) is 2.08. The van der Waals surface area contributed by atoms with Crippen molar-refractivity contribution in [1.82, 2.24) is 10.1 Å². The van der Waals surface area contributed by atoms with Gasteiger partial charge in [0.1, 0.15) is 5.60 Å². The summed E-state index contributed by atoms with van der Waals surface area (Å²) in [4.78, 5) is 4.40. The zero-order valence-corrected chi connectivity index (χ0v) is 10.8. The fourth-order valence-corrected chi connectivity index (χ4v) is 2.52. The lowest BCUT2D eigenvalue weighted by atomic mass is 9.93. The van der Waals surface area contributed by atoms with Crippen LogP contribution >= 0.6 is 0 Å². The van der Waals surface area contributed by atoms with Gasteiger partial charge in [-0.15, -0.1) is 0 Å². The molecule has 0 N–H and O–H groups in total. The minimum absolute atomic E-state index is 0.384. The van der Waals surface area contributed by atoms with Crippen LogP contribution in [-0.4, -0.2) is 17.3 Å². The van der Waals surface area contributed by atoms with E-state index in [0.29, 0.717) is 24.6 Å². The smallest absolute Gasteiger partial charge is 0.227 e. The predicted octanol–water partition coefficient (Wildman–Crippen LogP) is 2.72. The third kappa shape index (κ3) is 2.70. The van der Waals surface area contributed by atoms with Gasteiger partial charge >= 0.3 is 0 Å². The minimum atomic E-state index is -0.384. The quantitative estimate of drug-likeness (QED) is 0.767. The Labute approximate surface area is 107 Å². The molecule has 1 aliphatic carbocycles. The van der Waals surface area contributed by atoms with Gasteiger partial charge in [-0.05, 0) is 12.8 Å². The summed E-state index contributed by atoms with van der Waals surface area (Å²) in [7, 11) is 1.72. The maximum Gasteiger partial charge on any atom is 0.227 e. The van der Waals surface area contributed by atoms with E-state index in [9.17, 15) is 0 Å². The van der Waals surface area contributed by atoms with Gasteiger partial charge in [0.05, 0.1) is 6.07 Å². The van der Waals surface area contributed by atoms with Gasteiger partial charge in [-0.1, -0.05) is 30.8 Å². The molecule has 0 radical (unpaired) electrons. The van der Waals surface area contributed by atoms with Crippen LogP contribution in [0.2, 0.25) is 0 Å². The van der Waals surface area contributed by atoms with Gasteiger partial charge in [0.25, 0.3) is 0 Å². The van der Waals surface area contributed by atoms with Gasteiger partial charge in [0, 0.05) is 20.0 Å². The molecule has 1 aromatic heterocycles. The fourth-order valence-electron chi connectivity index (χ4n) is 2.52. The number of hydrogen-bond acceptors (Lipinski definition) is 5. The van der Waals surface area contributed by atoms with E-state index >= 15 is 0 Å². The van der Waals surface area contributed by atoms with Gasteiger partial charge in [-0.2, -0.15) is 10.2 Å². The van der Waals surface area contributed by atoms with E-state index in [1.807, 2.05) is 0 Å². The number of aromatic nitrogens is 2. The van der Waals surface area contributed by atoms with Crippen molar-refractivity contribution in [2.75, 3.05) is 7.11 Å². The molecule has 0 aromatic carbocycles. The molecule has 0 atom stereocenters. The summed E-state index contributed by atoms with van der Waals surface area (Å²) in [5, 5.41) is 12.6. The molecule has 0 saturated heterocycles. The van der Waals surface area contributed by atoms with Crippen molar-refractivity contribution in [2.24, 2.45) is 0 Å². The van der Waals surface area contributed by atoms with Crippen LogP contribution in [0, 0.1) is 11.3 Å². The van der Waals surface area contributed by atoms with E-state index in [-0.39, 0.29) is 5.60 Å². The number of rotatable bonds is 4. The lowest BCUT2D eigenvalue weighted by Gasteiger charge is -2.27. The number of aryl methyl sites for hydroxylation is 1. The van der Waals surface area contributed by atoms with Crippen LogP contribution in [0.15, 0.2) is 4.52 Å². The van der Waals surface area contributed by atoms with E-state index in [1.165, 1.54) is 12.8 Å². The predicted molar refractivity (Wildman–Crippen MR) is 64.6 cm³/mol. The molecule has 18 heavy (non-hydrogen) atoms. The van der Waals surface area contributed by atoms with Crippen LogP contribution in [0.5, 0.6) is 0 Å². The Morgan fingerprint density at radius 3 is 2.67 bits per heavy atom. The molecule has 1 aliphatic rings. The highest BCUT2D eigenvalue weighted by Crippen LogP contribution is 2.37. The number of hydrogen-bond donors (Lipinski definition) is 0. The highest BCUT2D eigenvalue weighted by molar-refractivity contribution is 5.03. The third-order valence-corrected chi connectivity index (χ3v) is 3.63. The first-order valence-electron chi connectivity index (χ1n) is 6.56. The summed E-state index contributed by atoms with van der Waals surface area (Å²) < 4.78 is 10.9. The second-order valence-electron chi connectivity index (χ2n) is 4.78. The van der Waals surface area contributed by atoms with Crippen LogP contribution in [-0.2, 0) is 16.8 Å². The summed E-state index contributed by atoms with van der Waals surface area (Å²) in [6.07, 6.45) is 7.56. The lowest BCUT2D eigenvalue weighted by Crippen LogP contribution is -2.29. The number of methoxy groups -OCH3 is 1. The average molecular weight is 249 g/mol. The Hall–Kier alpha value is -1.41. The maximum atomic E-state index is 8.55. The lowest BCUT2D eigenvalue weighted by molar-refractivity contribution is -0.0365. The van der Waals surface area contributed by atoms with Gasteiger partial charge in [0.15, 0.2) is 0 Å². The van der Waals surface area contributed by atoms with Crippen LogP contribution < -0.4 is 0 Å². The van der Waals surface area contributed by atoms with Crippen molar-refractivity contribution < 1.29 is 9.26 Å². The van der Waals surface area contributed by atoms with Crippen molar-refractivity contribution in [2.45, 2.75) is 57.0 Å². The Morgan fingerprint density at radius 2 is 2.06 bits per heavy atom. The summed E-state index contributed by atoms with van der Waals surface area (Å²) >= 11 is 0. The molecule has 5 nitrogen and oxygen atoms in total. The largest absolute Gasteiger partial charge is 0.370 e. The molecule has 2 rings (SSSR count). The fraction of sp³-hybridized carbons (Fsp3) is 0.769. The second kappa shape index (κ2) is 5.96. The first-order valence-corrected chi connectivity index (χ1v) is 6.56. The number of nitriles is 1. The number of nitrogens with zero attached hydrogens (tertiary/aromatic N) is 3. The molecule has 1 aromatic rings. The first kappa shape index (κ1) is 13.0. The van der Waals surface area contributed by atoms with E-state index < -0.39 is 0 Å². The summed E-state index contributed by atoms with van der Waals surface area (Å²) in [5.41, 5.74) is -0.384. The van der Waals surface area contributed by atoms with Gasteiger partial charge < -0.3 is 9.26 Å². The summed E-state index contributed by atoms with van der Waals surface area (Å²) in [6.45, 7) is 0. The minimum Gasteiger partial charge on any atom is -0.370 e. The second-order valence-corrected chi connectivity index (χ2v) is 4.78. The standard InChI is InChI=1S/C13H19N3O2/c1-17-13(8-4-2-3-5-9-13)12-15-11(18-16-12)7-6-10-14/h2-9H2,1H3. The monoisotopic (exact) mass is 249 g/mol. The molecule has 0 unspecified atom stereocenters. The van der Waals surface area contributed by atoms with Crippen molar-refractivity contribution in [3.05, 3.63) is 11.7 Å². The topological polar surface area (TPSA) is 71.9 Å². The van der Waals surface area contributed by atoms with Crippen molar-refractivity contribution in [3.63, 3.8) is 0 Å². The van der Waals surface area contributed by atoms with Gasteiger partial charge in [-0.25, -0.2) is 0 Å². The Bertz CT molecular complexity index is 414. The third-order valence-electron chi connectivity index (χ3n) is 3.63. The van der Waals surface area contributed by atoms with Gasteiger partial charge in [0.2, 0.25) is 11.7 Å². The van der Waals surface area contributed by atoms with Crippen LogP contribution in [0.3, 0.4) is 0 Å². The van der Waals surface area contributed by atoms with Crippen LogP contribution in [0.1, 0.15) is 56.7 Å². The molecule has 1 heterocycles. The molecular weight excluding hydrogens is 230 g/mol. The molecule has 0 spiro atoms.